The highest BCUT2D eigenvalue weighted by molar-refractivity contribution is 9.10. The second-order valence-corrected chi connectivity index (χ2v) is 6.77. The Morgan fingerprint density at radius 1 is 1.35 bits per heavy atom. The standard InChI is InChI=1S/C17H17BrClN5O2/c1-2-23-10-12(9-21-23)8-20-17(25)15-5-6-24(22-15)11-26-16-4-3-13(19)7-14(16)18/h3-7,9-10H,2,8,11H2,1H3,(H,20,25). The van der Waals surface area contributed by atoms with Crippen molar-refractivity contribution in [1.29, 1.82) is 0 Å². The number of ether oxygens (including phenoxy) is 1. The second kappa shape index (κ2) is 8.37. The Balaban J connectivity index is 1.54. The van der Waals surface area contributed by atoms with Crippen molar-refractivity contribution in [3.63, 3.8) is 0 Å². The van der Waals surface area contributed by atoms with Gasteiger partial charge >= 0.3 is 0 Å². The van der Waals surface area contributed by atoms with E-state index in [0.29, 0.717) is 23.0 Å². The molecule has 0 fully saturated rings. The molecule has 26 heavy (non-hydrogen) atoms. The quantitative estimate of drug-likeness (QED) is 0.613. The van der Waals surface area contributed by atoms with E-state index < -0.39 is 0 Å². The third kappa shape index (κ3) is 4.64. The Morgan fingerprint density at radius 3 is 2.92 bits per heavy atom. The molecule has 0 unspecified atom stereocenters. The van der Waals surface area contributed by atoms with Gasteiger partial charge in [-0.15, -0.1) is 0 Å². The van der Waals surface area contributed by atoms with E-state index in [0.717, 1.165) is 16.6 Å². The molecule has 9 heteroatoms. The van der Waals surface area contributed by atoms with E-state index in [4.69, 9.17) is 16.3 Å². The predicted molar refractivity (Wildman–Crippen MR) is 101 cm³/mol. The summed E-state index contributed by atoms with van der Waals surface area (Å²) in [5, 5.41) is 11.8. The van der Waals surface area contributed by atoms with Crippen LogP contribution in [0.5, 0.6) is 5.75 Å². The molecule has 2 heterocycles. The van der Waals surface area contributed by atoms with Crippen molar-refractivity contribution in [1.82, 2.24) is 24.9 Å². The number of halogens is 2. The van der Waals surface area contributed by atoms with Crippen molar-refractivity contribution in [2.24, 2.45) is 0 Å². The summed E-state index contributed by atoms with van der Waals surface area (Å²) in [5.41, 5.74) is 1.27. The van der Waals surface area contributed by atoms with Gasteiger partial charge in [-0.2, -0.15) is 10.2 Å². The number of hydrogen-bond donors (Lipinski definition) is 1. The summed E-state index contributed by atoms with van der Waals surface area (Å²) in [7, 11) is 0. The average Bonchev–Trinajstić information content (AvgIpc) is 3.28. The van der Waals surface area contributed by atoms with Gasteiger partial charge in [-0.1, -0.05) is 11.6 Å². The molecule has 0 aliphatic rings. The normalized spacial score (nSPS) is 10.7. The van der Waals surface area contributed by atoms with E-state index in [9.17, 15) is 4.79 Å². The van der Waals surface area contributed by atoms with Gasteiger partial charge in [0, 0.05) is 36.1 Å². The van der Waals surface area contributed by atoms with Gasteiger partial charge in [0.15, 0.2) is 6.73 Å². The summed E-state index contributed by atoms with van der Waals surface area (Å²) in [4.78, 5) is 12.2. The monoisotopic (exact) mass is 437 g/mol. The lowest BCUT2D eigenvalue weighted by Crippen LogP contribution is -2.23. The molecule has 2 aromatic heterocycles. The van der Waals surface area contributed by atoms with Crippen molar-refractivity contribution in [2.45, 2.75) is 26.7 Å². The third-order valence-electron chi connectivity index (χ3n) is 3.58. The Labute approximate surface area is 164 Å². The van der Waals surface area contributed by atoms with Crippen LogP contribution in [0, 0.1) is 0 Å². The summed E-state index contributed by atoms with van der Waals surface area (Å²) < 4.78 is 9.77. The van der Waals surface area contributed by atoms with Crippen LogP contribution < -0.4 is 10.1 Å². The first-order valence-corrected chi connectivity index (χ1v) is 9.13. The summed E-state index contributed by atoms with van der Waals surface area (Å²) in [6, 6.07) is 6.90. The molecule has 0 aliphatic carbocycles. The van der Waals surface area contributed by atoms with Gasteiger partial charge < -0.3 is 10.1 Å². The smallest absolute Gasteiger partial charge is 0.272 e. The Morgan fingerprint density at radius 2 is 2.19 bits per heavy atom. The highest BCUT2D eigenvalue weighted by atomic mass is 79.9. The molecule has 0 saturated heterocycles. The number of carbonyl (C=O) groups excluding carboxylic acids is 1. The molecule has 0 atom stereocenters. The van der Waals surface area contributed by atoms with Crippen LogP contribution in [0.4, 0.5) is 0 Å². The number of nitrogens with one attached hydrogen (secondary N) is 1. The van der Waals surface area contributed by atoms with E-state index in [-0.39, 0.29) is 12.6 Å². The van der Waals surface area contributed by atoms with Gasteiger partial charge in [0.25, 0.3) is 5.91 Å². The SMILES string of the molecule is CCn1cc(CNC(=O)c2ccn(COc3ccc(Cl)cc3Br)n2)cn1. The Kier molecular flexibility index (Phi) is 5.95. The lowest BCUT2D eigenvalue weighted by Gasteiger charge is -2.08. The number of benzene rings is 1. The molecule has 0 spiro atoms. The fourth-order valence-electron chi connectivity index (χ4n) is 2.23. The molecule has 1 aromatic carbocycles. The van der Waals surface area contributed by atoms with Crippen molar-refractivity contribution in [3.05, 3.63) is 63.6 Å². The van der Waals surface area contributed by atoms with Crippen LogP contribution in [-0.2, 0) is 19.8 Å². The fourth-order valence-corrected chi connectivity index (χ4v) is 3.02. The largest absolute Gasteiger partial charge is 0.470 e. The number of nitrogens with zero attached hydrogens (tertiary/aromatic N) is 4. The predicted octanol–water partition coefficient (Wildman–Crippen LogP) is 3.48. The van der Waals surface area contributed by atoms with Crippen LogP contribution in [0.2, 0.25) is 5.02 Å². The minimum atomic E-state index is -0.249. The average molecular weight is 439 g/mol. The van der Waals surface area contributed by atoms with Gasteiger partial charge in [-0.05, 0) is 47.1 Å². The Bertz CT molecular complexity index is 908. The number of rotatable bonds is 7. The molecule has 136 valence electrons. The maximum absolute atomic E-state index is 12.2. The molecule has 1 amide bonds. The Hall–Kier alpha value is -2.32. The lowest BCUT2D eigenvalue weighted by atomic mass is 10.3. The molecular formula is C17H17BrClN5O2. The van der Waals surface area contributed by atoms with E-state index in [2.05, 4.69) is 31.4 Å². The number of aromatic nitrogens is 4. The summed E-state index contributed by atoms with van der Waals surface area (Å²) in [5.74, 6) is 0.393. The number of hydrogen-bond acceptors (Lipinski definition) is 4. The molecule has 0 radical (unpaired) electrons. The van der Waals surface area contributed by atoms with Gasteiger partial charge in [0.05, 0.1) is 10.7 Å². The van der Waals surface area contributed by atoms with Gasteiger partial charge in [-0.3, -0.25) is 9.48 Å². The summed E-state index contributed by atoms with van der Waals surface area (Å²) in [6.07, 6.45) is 5.32. The first kappa shape index (κ1) is 18.5. The summed E-state index contributed by atoms with van der Waals surface area (Å²) >= 11 is 9.29. The van der Waals surface area contributed by atoms with E-state index >= 15 is 0 Å². The zero-order valence-electron chi connectivity index (χ0n) is 14.0. The van der Waals surface area contributed by atoms with E-state index in [1.807, 2.05) is 17.8 Å². The van der Waals surface area contributed by atoms with Crippen molar-refractivity contribution >= 4 is 33.4 Å². The van der Waals surface area contributed by atoms with Gasteiger partial charge in [-0.25, -0.2) is 4.68 Å². The number of aryl methyl sites for hydroxylation is 1. The molecule has 3 aromatic rings. The fraction of sp³-hybridized carbons (Fsp3) is 0.235. The highest BCUT2D eigenvalue weighted by Crippen LogP contribution is 2.28. The van der Waals surface area contributed by atoms with Crippen LogP contribution >= 0.6 is 27.5 Å². The molecule has 7 nitrogen and oxygen atoms in total. The summed E-state index contributed by atoms with van der Waals surface area (Å²) in [6.45, 7) is 3.38. The third-order valence-corrected chi connectivity index (χ3v) is 4.44. The number of carbonyl (C=O) groups is 1. The first-order valence-electron chi connectivity index (χ1n) is 7.96. The number of amides is 1. The molecule has 0 bridgehead atoms. The van der Waals surface area contributed by atoms with Crippen LogP contribution in [0.3, 0.4) is 0 Å². The van der Waals surface area contributed by atoms with E-state index in [1.54, 1.807) is 41.3 Å². The van der Waals surface area contributed by atoms with Crippen LogP contribution in [0.15, 0.2) is 47.3 Å². The minimum absolute atomic E-state index is 0.177. The minimum Gasteiger partial charge on any atom is -0.470 e. The topological polar surface area (TPSA) is 74.0 Å². The van der Waals surface area contributed by atoms with Gasteiger partial charge in [0.2, 0.25) is 0 Å². The first-order chi connectivity index (χ1) is 12.5. The maximum atomic E-state index is 12.2. The highest BCUT2D eigenvalue weighted by Gasteiger charge is 2.10. The molecule has 1 N–H and O–H groups in total. The molecular weight excluding hydrogens is 422 g/mol. The van der Waals surface area contributed by atoms with E-state index in [1.165, 1.54) is 0 Å². The van der Waals surface area contributed by atoms with Crippen LogP contribution in [0.1, 0.15) is 23.0 Å². The van der Waals surface area contributed by atoms with Crippen molar-refractivity contribution in [2.75, 3.05) is 0 Å². The van der Waals surface area contributed by atoms with Gasteiger partial charge in [0.1, 0.15) is 11.4 Å². The van der Waals surface area contributed by atoms with Crippen LogP contribution in [0.25, 0.3) is 0 Å². The maximum Gasteiger partial charge on any atom is 0.272 e. The zero-order valence-corrected chi connectivity index (χ0v) is 16.4. The second-order valence-electron chi connectivity index (χ2n) is 5.48. The lowest BCUT2D eigenvalue weighted by molar-refractivity contribution is 0.0944. The molecule has 0 saturated carbocycles. The van der Waals surface area contributed by atoms with Crippen molar-refractivity contribution < 1.29 is 9.53 Å². The van der Waals surface area contributed by atoms with Crippen molar-refractivity contribution in [3.8, 4) is 5.75 Å². The molecule has 0 aliphatic heterocycles. The van der Waals surface area contributed by atoms with Crippen LogP contribution in [-0.4, -0.2) is 25.5 Å². The zero-order chi connectivity index (χ0) is 18.5. The molecule has 3 rings (SSSR count).